The van der Waals surface area contributed by atoms with Crippen LogP contribution in [0.3, 0.4) is 0 Å². The van der Waals surface area contributed by atoms with Gasteiger partial charge in [-0.15, -0.1) is 0 Å². The van der Waals surface area contributed by atoms with E-state index in [1.807, 2.05) is 0 Å². The van der Waals surface area contributed by atoms with Gasteiger partial charge in [0.1, 0.15) is 11.3 Å². The monoisotopic (exact) mass is 248 g/mol. The highest BCUT2D eigenvalue weighted by atomic mass is 19.1. The Morgan fingerprint density at radius 1 is 1.17 bits per heavy atom. The van der Waals surface area contributed by atoms with Gasteiger partial charge >= 0.3 is 6.01 Å². The lowest BCUT2D eigenvalue weighted by molar-refractivity contribution is 0.409. The Balaban J connectivity index is 1.95. The third-order valence-electron chi connectivity index (χ3n) is 2.25. The molecule has 0 fully saturated rings. The SMILES string of the molecule is Fc1ccc(Oc2ncc3[nH]cnc3n2)c(F)c1. The summed E-state index contributed by atoms with van der Waals surface area (Å²) >= 11 is 0. The largest absolute Gasteiger partial charge is 0.421 e. The number of imidazole rings is 1. The lowest BCUT2D eigenvalue weighted by atomic mass is 10.3. The molecule has 0 amide bonds. The number of aromatic nitrogens is 4. The summed E-state index contributed by atoms with van der Waals surface area (Å²) in [5, 5.41) is 0. The molecule has 0 atom stereocenters. The number of H-pyrrole nitrogens is 1. The quantitative estimate of drug-likeness (QED) is 0.756. The van der Waals surface area contributed by atoms with Crippen LogP contribution in [0.15, 0.2) is 30.7 Å². The van der Waals surface area contributed by atoms with Crippen LogP contribution in [0, 0.1) is 11.6 Å². The number of benzene rings is 1. The van der Waals surface area contributed by atoms with Crippen LogP contribution in [0.5, 0.6) is 11.8 Å². The second-order valence-corrected chi connectivity index (χ2v) is 3.47. The van der Waals surface area contributed by atoms with E-state index in [1.54, 1.807) is 0 Å². The van der Waals surface area contributed by atoms with Crippen molar-refractivity contribution in [2.24, 2.45) is 0 Å². The summed E-state index contributed by atoms with van der Waals surface area (Å²) in [6, 6.07) is 2.93. The molecular formula is C11H6F2N4O. The van der Waals surface area contributed by atoms with Crippen molar-refractivity contribution in [2.45, 2.75) is 0 Å². The molecule has 0 unspecified atom stereocenters. The molecular weight excluding hydrogens is 242 g/mol. The van der Waals surface area contributed by atoms with Gasteiger partial charge in [-0.1, -0.05) is 0 Å². The highest BCUT2D eigenvalue weighted by Crippen LogP contribution is 2.22. The molecule has 0 saturated heterocycles. The Kier molecular flexibility index (Phi) is 2.36. The second-order valence-electron chi connectivity index (χ2n) is 3.47. The maximum Gasteiger partial charge on any atom is 0.324 e. The van der Waals surface area contributed by atoms with Gasteiger partial charge in [-0.2, -0.15) is 4.98 Å². The number of nitrogens with zero attached hydrogens (tertiary/aromatic N) is 3. The standard InChI is InChI=1S/C11H6F2N4O/c12-6-1-2-9(7(13)3-6)18-11-14-4-8-10(17-11)16-5-15-8/h1-5H,(H,14,15,16,17). The predicted molar refractivity (Wildman–Crippen MR) is 58.1 cm³/mol. The Morgan fingerprint density at radius 2 is 2.06 bits per heavy atom. The van der Waals surface area contributed by atoms with E-state index < -0.39 is 11.6 Å². The minimum Gasteiger partial charge on any atom is -0.421 e. The molecule has 0 aliphatic heterocycles. The van der Waals surface area contributed by atoms with Crippen LogP contribution in [0.1, 0.15) is 0 Å². The molecule has 0 bridgehead atoms. The summed E-state index contributed by atoms with van der Waals surface area (Å²) in [5.41, 5.74) is 1.05. The third kappa shape index (κ3) is 1.86. The van der Waals surface area contributed by atoms with E-state index >= 15 is 0 Å². The highest BCUT2D eigenvalue weighted by Gasteiger charge is 2.09. The first-order valence-electron chi connectivity index (χ1n) is 5.01. The summed E-state index contributed by atoms with van der Waals surface area (Å²) in [4.78, 5) is 14.6. The van der Waals surface area contributed by atoms with Crippen molar-refractivity contribution in [1.29, 1.82) is 0 Å². The average molecular weight is 248 g/mol. The molecule has 5 nitrogen and oxygen atoms in total. The molecule has 7 heteroatoms. The Bertz CT molecular complexity index is 713. The molecule has 0 aliphatic carbocycles. The summed E-state index contributed by atoms with van der Waals surface area (Å²) in [6.07, 6.45) is 2.92. The summed E-state index contributed by atoms with van der Waals surface area (Å²) in [6.45, 7) is 0. The van der Waals surface area contributed by atoms with Crippen LogP contribution >= 0.6 is 0 Å². The lowest BCUT2D eigenvalue weighted by Crippen LogP contribution is -1.94. The Hall–Kier alpha value is -2.57. The van der Waals surface area contributed by atoms with Crippen molar-refractivity contribution < 1.29 is 13.5 Å². The summed E-state index contributed by atoms with van der Waals surface area (Å²) in [7, 11) is 0. The molecule has 0 radical (unpaired) electrons. The van der Waals surface area contributed by atoms with Crippen LogP contribution < -0.4 is 4.74 Å². The number of rotatable bonds is 2. The van der Waals surface area contributed by atoms with Gasteiger partial charge in [-0.25, -0.2) is 18.7 Å². The van der Waals surface area contributed by atoms with Crippen molar-refractivity contribution in [1.82, 2.24) is 19.9 Å². The summed E-state index contributed by atoms with van der Waals surface area (Å²) < 4.78 is 31.2. The molecule has 2 heterocycles. The van der Waals surface area contributed by atoms with Gasteiger partial charge in [0.2, 0.25) is 0 Å². The van der Waals surface area contributed by atoms with E-state index in [4.69, 9.17) is 4.74 Å². The normalized spacial score (nSPS) is 10.8. The molecule has 18 heavy (non-hydrogen) atoms. The van der Waals surface area contributed by atoms with Crippen molar-refractivity contribution >= 4 is 11.2 Å². The minimum absolute atomic E-state index is 0.0555. The second kappa shape index (κ2) is 4.02. The Morgan fingerprint density at radius 3 is 2.89 bits per heavy atom. The van der Waals surface area contributed by atoms with Crippen LogP contribution in [0.25, 0.3) is 11.2 Å². The smallest absolute Gasteiger partial charge is 0.324 e. The fraction of sp³-hybridized carbons (Fsp3) is 0. The van der Waals surface area contributed by atoms with Crippen LogP contribution in [0.2, 0.25) is 0 Å². The van der Waals surface area contributed by atoms with E-state index in [9.17, 15) is 8.78 Å². The van der Waals surface area contributed by atoms with E-state index in [-0.39, 0.29) is 11.8 Å². The number of fused-ring (bicyclic) bond motifs is 1. The average Bonchev–Trinajstić information content (AvgIpc) is 2.80. The Labute approximate surface area is 99.5 Å². The summed E-state index contributed by atoms with van der Waals surface area (Å²) in [5.74, 6) is -1.64. The van der Waals surface area contributed by atoms with Crippen molar-refractivity contribution in [3.63, 3.8) is 0 Å². The zero-order chi connectivity index (χ0) is 12.5. The number of hydrogen-bond donors (Lipinski definition) is 1. The van der Waals surface area contributed by atoms with Crippen molar-refractivity contribution in [3.8, 4) is 11.8 Å². The third-order valence-corrected chi connectivity index (χ3v) is 2.25. The van der Waals surface area contributed by atoms with Gasteiger partial charge < -0.3 is 9.72 Å². The fourth-order valence-corrected chi connectivity index (χ4v) is 1.43. The molecule has 0 saturated carbocycles. The number of aromatic amines is 1. The van der Waals surface area contributed by atoms with Gasteiger partial charge in [-0.05, 0) is 12.1 Å². The van der Waals surface area contributed by atoms with E-state index in [2.05, 4.69) is 19.9 Å². The zero-order valence-electron chi connectivity index (χ0n) is 8.89. The van der Waals surface area contributed by atoms with Gasteiger partial charge in [0.05, 0.1) is 12.5 Å². The number of nitrogens with one attached hydrogen (secondary N) is 1. The highest BCUT2D eigenvalue weighted by molar-refractivity contribution is 5.68. The van der Waals surface area contributed by atoms with E-state index in [0.29, 0.717) is 11.2 Å². The molecule has 90 valence electrons. The zero-order valence-corrected chi connectivity index (χ0v) is 8.89. The molecule has 1 N–H and O–H groups in total. The van der Waals surface area contributed by atoms with E-state index in [0.717, 1.165) is 12.1 Å². The first kappa shape index (κ1) is 10.6. The van der Waals surface area contributed by atoms with Crippen LogP contribution in [0.4, 0.5) is 8.78 Å². The number of ether oxygens (including phenoxy) is 1. The maximum atomic E-state index is 13.3. The minimum atomic E-state index is -0.819. The molecule has 1 aromatic carbocycles. The van der Waals surface area contributed by atoms with Gasteiger partial charge in [0.15, 0.2) is 17.2 Å². The van der Waals surface area contributed by atoms with Gasteiger partial charge in [-0.3, -0.25) is 0 Å². The van der Waals surface area contributed by atoms with Gasteiger partial charge in [0, 0.05) is 6.07 Å². The van der Waals surface area contributed by atoms with Crippen molar-refractivity contribution in [2.75, 3.05) is 0 Å². The molecule has 2 aromatic heterocycles. The van der Waals surface area contributed by atoms with Gasteiger partial charge in [0.25, 0.3) is 0 Å². The van der Waals surface area contributed by atoms with Crippen LogP contribution in [-0.4, -0.2) is 19.9 Å². The predicted octanol–water partition coefficient (Wildman–Crippen LogP) is 2.42. The lowest BCUT2D eigenvalue weighted by Gasteiger charge is -2.04. The number of halogens is 2. The fourth-order valence-electron chi connectivity index (χ4n) is 1.43. The topological polar surface area (TPSA) is 63.7 Å². The van der Waals surface area contributed by atoms with Crippen molar-refractivity contribution in [3.05, 3.63) is 42.4 Å². The first-order chi connectivity index (χ1) is 8.72. The molecule has 0 aliphatic rings. The van der Waals surface area contributed by atoms with E-state index in [1.165, 1.54) is 18.6 Å². The van der Waals surface area contributed by atoms with Crippen LogP contribution in [-0.2, 0) is 0 Å². The molecule has 0 spiro atoms. The number of hydrogen-bond acceptors (Lipinski definition) is 4. The molecule has 3 rings (SSSR count). The molecule has 3 aromatic rings. The maximum absolute atomic E-state index is 13.3. The first-order valence-corrected chi connectivity index (χ1v) is 5.01.